The van der Waals surface area contributed by atoms with Crippen LogP contribution in [-0.2, 0) is 5.41 Å². The van der Waals surface area contributed by atoms with E-state index in [1.54, 1.807) is 0 Å². The Hall–Kier alpha value is -6.96. The normalized spacial score (nSPS) is 12.6. The van der Waals surface area contributed by atoms with Gasteiger partial charge in [-0.25, -0.2) is 0 Å². The second-order valence-electron chi connectivity index (χ2n) is 14.1. The highest BCUT2D eigenvalue weighted by atomic mass is 15.1. The van der Waals surface area contributed by atoms with Gasteiger partial charge in [-0.1, -0.05) is 182 Å². The molecule has 1 aliphatic rings. The van der Waals surface area contributed by atoms with E-state index in [1.807, 2.05) is 0 Å². The lowest BCUT2D eigenvalue weighted by molar-refractivity contribution is 0.775. The van der Waals surface area contributed by atoms with Gasteiger partial charge in [0, 0.05) is 17.1 Å². The highest BCUT2D eigenvalue weighted by molar-refractivity contribution is 6.07. The molecule has 0 spiro atoms. The van der Waals surface area contributed by atoms with Crippen LogP contribution in [0, 0.1) is 0 Å². The fourth-order valence-electron chi connectivity index (χ4n) is 8.82. The van der Waals surface area contributed by atoms with Gasteiger partial charge in [-0.3, -0.25) is 0 Å². The summed E-state index contributed by atoms with van der Waals surface area (Å²) >= 11 is 0. The van der Waals surface area contributed by atoms with Crippen LogP contribution in [0.5, 0.6) is 0 Å². The minimum atomic E-state index is -0.577. The van der Waals surface area contributed by atoms with Crippen LogP contribution in [0.2, 0.25) is 0 Å². The SMILES string of the molecule is c1ccc(-c2cccc(N(c3ccccc3)c3ccc4c(c3)C(c3ccccc3)(c3ccccc3)c3c-4cc(-c4ccccc4)c4ccccc34)c2)cc1. The van der Waals surface area contributed by atoms with Crippen LogP contribution in [-0.4, -0.2) is 0 Å². The lowest BCUT2D eigenvalue weighted by Crippen LogP contribution is -2.29. The van der Waals surface area contributed by atoms with E-state index in [4.69, 9.17) is 0 Å². The molecule has 0 aliphatic heterocycles. The van der Waals surface area contributed by atoms with E-state index in [9.17, 15) is 0 Å². The summed E-state index contributed by atoms with van der Waals surface area (Å²) in [5.41, 5.74) is 15.3. The van der Waals surface area contributed by atoms with Crippen LogP contribution in [0.3, 0.4) is 0 Å². The lowest BCUT2D eigenvalue weighted by Gasteiger charge is -2.35. The molecule has 1 aliphatic carbocycles. The number of rotatable bonds is 7. The molecule has 9 aromatic rings. The first-order valence-electron chi connectivity index (χ1n) is 18.7. The summed E-state index contributed by atoms with van der Waals surface area (Å²) in [6.45, 7) is 0. The second kappa shape index (κ2) is 13.2. The molecule has 54 heavy (non-hydrogen) atoms. The molecule has 0 fully saturated rings. The fraction of sp³-hybridized carbons (Fsp3) is 0.0189. The molecule has 0 saturated carbocycles. The predicted octanol–water partition coefficient (Wildman–Crippen LogP) is 14.0. The third-order valence-corrected chi connectivity index (χ3v) is 11.1. The van der Waals surface area contributed by atoms with Gasteiger partial charge in [0.15, 0.2) is 0 Å². The smallest absolute Gasteiger partial charge is 0.0720 e. The largest absolute Gasteiger partial charge is 0.310 e. The lowest BCUT2D eigenvalue weighted by atomic mass is 9.66. The minimum absolute atomic E-state index is 0.577. The molecule has 0 heterocycles. The van der Waals surface area contributed by atoms with E-state index in [2.05, 4.69) is 229 Å². The molecule has 254 valence electrons. The summed E-state index contributed by atoms with van der Waals surface area (Å²) < 4.78 is 0. The van der Waals surface area contributed by atoms with E-state index in [0.29, 0.717) is 0 Å². The average molecular weight is 688 g/mol. The van der Waals surface area contributed by atoms with Gasteiger partial charge < -0.3 is 4.90 Å². The van der Waals surface area contributed by atoms with Crippen molar-refractivity contribution in [1.82, 2.24) is 0 Å². The molecule has 0 radical (unpaired) electrons. The Morgan fingerprint density at radius 1 is 0.296 bits per heavy atom. The van der Waals surface area contributed by atoms with Crippen molar-refractivity contribution in [3.05, 3.63) is 247 Å². The number of nitrogens with zero attached hydrogens (tertiary/aromatic N) is 1. The van der Waals surface area contributed by atoms with E-state index in [0.717, 1.165) is 17.1 Å². The van der Waals surface area contributed by atoms with E-state index in [-0.39, 0.29) is 0 Å². The maximum absolute atomic E-state index is 2.47. The van der Waals surface area contributed by atoms with Crippen molar-refractivity contribution < 1.29 is 0 Å². The molecule has 9 aromatic carbocycles. The summed E-state index contributed by atoms with van der Waals surface area (Å²) in [5, 5.41) is 2.53. The molecule has 0 N–H and O–H groups in total. The van der Waals surface area contributed by atoms with Crippen molar-refractivity contribution in [2.75, 3.05) is 4.90 Å². The maximum Gasteiger partial charge on any atom is 0.0720 e. The summed E-state index contributed by atoms with van der Waals surface area (Å²) in [6, 6.07) is 82.0. The maximum atomic E-state index is 2.47. The van der Waals surface area contributed by atoms with Gasteiger partial charge in [0.05, 0.1) is 5.41 Å². The zero-order chi connectivity index (χ0) is 35.9. The monoisotopic (exact) mass is 687 g/mol. The van der Waals surface area contributed by atoms with Crippen LogP contribution in [0.1, 0.15) is 22.3 Å². The molecule has 0 aromatic heterocycles. The minimum Gasteiger partial charge on any atom is -0.310 e. The summed E-state index contributed by atoms with van der Waals surface area (Å²) in [4.78, 5) is 2.41. The fourth-order valence-corrected chi connectivity index (χ4v) is 8.82. The summed E-state index contributed by atoms with van der Waals surface area (Å²) in [7, 11) is 0. The number of para-hydroxylation sites is 1. The van der Waals surface area contributed by atoms with Crippen LogP contribution in [0.25, 0.3) is 44.2 Å². The van der Waals surface area contributed by atoms with E-state index < -0.39 is 5.41 Å². The van der Waals surface area contributed by atoms with E-state index >= 15 is 0 Å². The van der Waals surface area contributed by atoms with Crippen LogP contribution in [0.15, 0.2) is 224 Å². The standard InChI is InChI=1S/C53H37N/c1-6-19-38(20-7-1)40-23-18-30-44(35-40)54(43-28-14-5-15-29-43)45-33-34-47-50-37-49(39-21-8-2-9-22-39)46-31-16-17-32-48(46)52(50)53(51(47)36-45,41-24-10-3-11-25-41)42-26-12-4-13-27-42/h1-37H. The molecular formula is C53H37N. The van der Waals surface area contributed by atoms with Crippen LogP contribution < -0.4 is 4.90 Å². The van der Waals surface area contributed by atoms with Crippen molar-refractivity contribution in [3.63, 3.8) is 0 Å². The Balaban J connectivity index is 1.30. The van der Waals surface area contributed by atoms with Crippen molar-refractivity contribution >= 4 is 27.8 Å². The third-order valence-electron chi connectivity index (χ3n) is 11.1. The van der Waals surface area contributed by atoms with Gasteiger partial charge in [-0.2, -0.15) is 0 Å². The molecule has 1 heteroatoms. The first-order valence-corrected chi connectivity index (χ1v) is 18.7. The molecule has 1 nitrogen and oxygen atoms in total. The zero-order valence-electron chi connectivity index (χ0n) is 29.8. The van der Waals surface area contributed by atoms with Gasteiger partial charge in [-0.15, -0.1) is 0 Å². The highest BCUT2D eigenvalue weighted by Crippen LogP contribution is 2.60. The molecule has 0 bridgehead atoms. The Morgan fingerprint density at radius 2 is 0.796 bits per heavy atom. The highest BCUT2D eigenvalue weighted by Gasteiger charge is 2.48. The first-order chi connectivity index (χ1) is 26.8. The number of fused-ring (bicyclic) bond motifs is 5. The van der Waals surface area contributed by atoms with Gasteiger partial charge in [0.2, 0.25) is 0 Å². The number of anilines is 3. The van der Waals surface area contributed by atoms with Crippen molar-refractivity contribution in [2.24, 2.45) is 0 Å². The molecule has 0 atom stereocenters. The van der Waals surface area contributed by atoms with Gasteiger partial charge in [0.25, 0.3) is 0 Å². The quantitative estimate of drug-likeness (QED) is 0.161. The number of hydrogen-bond acceptors (Lipinski definition) is 1. The van der Waals surface area contributed by atoms with Gasteiger partial charge in [-0.05, 0) is 109 Å². The molecular weight excluding hydrogens is 651 g/mol. The van der Waals surface area contributed by atoms with Crippen molar-refractivity contribution in [2.45, 2.75) is 5.41 Å². The summed E-state index contributed by atoms with van der Waals surface area (Å²) in [5.74, 6) is 0. The molecule has 0 saturated heterocycles. The first kappa shape index (κ1) is 31.7. The van der Waals surface area contributed by atoms with Crippen LogP contribution in [0.4, 0.5) is 17.1 Å². The van der Waals surface area contributed by atoms with Crippen molar-refractivity contribution in [3.8, 4) is 33.4 Å². The van der Waals surface area contributed by atoms with Gasteiger partial charge >= 0.3 is 0 Å². The predicted molar refractivity (Wildman–Crippen MR) is 227 cm³/mol. The Bertz CT molecular complexity index is 2700. The topological polar surface area (TPSA) is 3.24 Å². The zero-order valence-corrected chi connectivity index (χ0v) is 29.8. The van der Waals surface area contributed by atoms with Gasteiger partial charge in [0.1, 0.15) is 0 Å². The average Bonchev–Trinajstić information content (AvgIpc) is 3.56. The molecule has 10 rings (SSSR count). The summed E-state index contributed by atoms with van der Waals surface area (Å²) in [6.07, 6.45) is 0. The Morgan fingerprint density at radius 3 is 1.44 bits per heavy atom. The van der Waals surface area contributed by atoms with E-state index in [1.165, 1.54) is 66.4 Å². The molecule has 0 unspecified atom stereocenters. The number of benzene rings is 9. The van der Waals surface area contributed by atoms with Crippen molar-refractivity contribution in [1.29, 1.82) is 0 Å². The Kier molecular flexibility index (Phi) is 7.78. The molecule has 0 amide bonds. The third kappa shape index (κ3) is 5.09. The number of hydrogen-bond donors (Lipinski definition) is 0. The van der Waals surface area contributed by atoms with Crippen LogP contribution >= 0.6 is 0 Å². The Labute approximate surface area is 317 Å². The second-order valence-corrected chi connectivity index (χ2v) is 14.1.